The zero-order valence-corrected chi connectivity index (χ0v) is 12.1. The fraction of sp³-hybridized carbons (Fsp3) is 0.714. The van der Waals surface area contributed by atoms with Crippen LogP contribution in [0, 0.1) is 0 Å². The molecular formula is C14H24N4O. The highest BCUT2D eigenvalue weighted by Gasteiger charge is 2.20. The molecule has 0 amide bonds. The molecule has 0 saturated carbocycles. The molecule has 19 heavy (non-hydrogen) atoms. The van der Waals surface area contributed by atoms with Gasteiger partial charge >= 0.3 is 0 Å². The van der Waals surface area contributed by atoms with Gasteiger partial charge in [0.05, 0.1) is 6.61 Å². The molecule has 0 radical (unpaired) electrons. The Morgan fingerprint density at radius 1 is 1.32 bits per heavy atom. The number of nitrogens with zero attached hydrogens (tertiary/aromatic N) is 3. The minimum Gasteiger partial charge on any atom is -0.380 e. The van der Waals surface area contributed by atoms with E-state index < -0.39 is 0 Å². The van der Waals surface area contributed by atoms with E-state index in [4.69, 9.17) is 4.74 Å². The molecule has 0 aromatic carbocycles. The van der Waals surface area contributed by atoms with Crippen molar-refractivity contribution in [2.24, 2.45) is 0 Å². The minimum absolute atomic E-state index is 0.398. The second-order valence-corrected chi connectivity index (χ2v) is 5.10. The number of ether oxygens (including phenoxy) is 1. The summed E-state index contributed by atoms with van der Waals surface area (Å²) in [5.74, 6) is 2.42. The third-order valence-corrected chi connectivity index (χ3v) is 3.31. The van der Waals surface area contributed by atoms with Crippen LogP contribution in [-0.4, -0.2) is 42.8 Å². The molecule has 5 nitrogen and oxygen atoms in total. The molecule has 1 fully saturated rings. The Balaban J connectivity index is 2.34. The summed E-state index contributed by atoms with van der Waals surface area (Å²) in [6, 6.07) is 0. The van der Waals surface area contributed by atoms with Crippen LogP contribution in [0.3, 0.4) is 0 Å². The number of anilines is 2. The minimum atomic E-state index is 0.398. The van der Waals surface area contributed by atoms with Crippen LogP contribution in [0.15, 0.2) is 6.33 Å². The van der Waals surface area contributed by atoms with Gasteiger partial charge in [0.25, 0.3) is 0 Å². The summed E-state index contributed by atoms with van der Waals surface area (Å²) in [7, 11) is 0. The Bertz CT molecular complexity index is 400. The van der Waals surface area contributed by atoms with Gasteiger partial charge in [-0.25, -0.2) is 9.97 Å². The third-order valence-electron chi connectivity index (χ3n) is 3.31. The van der Waals surface area contributed by atoms with Gasteiger partial charge in [-0.05, 0) is 19.3 Å². The van der Waals surface area contributed by atoms with E-state index >= 15 is 0 Å². The Hall–Kier alpha value is -1.36. The van der Waals surface area contributed by atoms with E-state index in [1.54, 1.807) is 6.33 Å². The first-order valence-corrected chi connectivity index (χ1v) is 7.15. The topological polar surface area (TPSA) is 50.3 Å². The van der Waals surface area contributed by atoms with Crippen molar-refractivity contribution in [3.8, 4) is 0 Å². The van der Waals surface area contributed by atoms with Crippen LogP contribution in [0.2, 0.25) is 0 Å². The Kier molecular flexibility index (Phi) is 4.96. The Morgan fingerprint density at radius 2 is 2.16 bits per heavy atom. The molecule has 2 heterocycles. The first kappa shape index (κ1) is 14.1. The van der Waals surface area contributed by atoms with Gasteiger partial charge in [0.15, 0.2) is 0 Å². The molecule has 0 atom stereocenters. The van der Waals surface area contributed by atoms with Crippen molar-refractivity contribution in [3.05, 3.63) is 11.9 Å². The zero-order chi connectivity index (χ0) is 13.7. The standard InChI is InChI=1S/C14H24N4O/c1-4-15-13-12(11(2)3)14(17-10-16-13)18-6-5-8-19-9-7-18/h10-11H,4-9H2,1-3H3,(H,15,16,17). The second kappa shape index (κ2) is 6.70. The lowest BCUT2D eigenvalue weighted by atomic mass is 10.0. The maximum Gasteiger partial charge on any atom is 0.137 e. The normalized spacial score (nSPS) is 16.5. The van der Waals surface area contributed by atoms with Crippen LogP contribution in [0.4, 0.5) is 11.6 Å². The van der Waals surface area contributed by atoms with Crippen LogP contribution in [0.5, 0.6) is 0 Å². The smallest absolute Gasteiger partial charge is 0.137 e. The summed E-state index contributed by atoms with van der Waals surface area (Å²) >= 11 is 0. The van der Waals surface area contributed by atoms with Crippen molar-refractivity contribution < 1.29 is 4.74 Å². The van der Waals surface area contributed by atoms with E-state index in [-0.39, 0.29) is 0 Å². The van der Waals surface area contributed by atoms with Crippen LogP contribution in [0.1, 0.15) is 38.7 Å². The molecular weight excluding hydrogens is 240 g/mol. The van der Waals surface area contributed by atoms with Gasteiger partial charge in [-0.1, -0.05) is 13.8 Å². The molecule has 1 aliphatic rings. The summed E-state index contributed by atoms with van der Waals surface area (Å²) in [5, 5.41) is 3.34. The summed E-state index contributed by atoms with van der Waals surface area (Å²) in [6.45, 7) is 10.9. The number of rotatable bonds is 4. The molecule has 5 heteroatoms. The molecule has 2 rings (SSSR count). The second-order valence-electron chi connectivity index (χ2n) is 5.10. The highest BCUT2D eigenvalue weighted by Crippen LogP contribution is 2.31. The lowest BCUT2D eigenvalue weighted by Gasteiger charge is -2.26. The molecule has 0 spiro atoms. The summed E-state index contributed by atoms with van der Waals surface area (Å²) in [4.78, 5) is 11.2. The lowest BCUT2D eigenvalue weighted by Crippen LogP contribution is -2.28. The van der Waals surface area contributed by atoms with Crippen LogP contribution in [0.25, 0.3) is 0 Å². The predicted octanol–water partition coefficient (Wildman–Crippen LogP) is 2.26. The molecule has 1 aromatic heterocycles. The zero-order valence-electron chi connectivity index (χ0n) is 12.1. The average Bonchev–Trinajstić information content (AvgIpc) is 2.67. The predicted molar refractivity (Wildman–Crippen MR) is 77.9 cm³/mol. The molecule has 1 N–H and O–H groups in total. The van der Waals surface area contributed by atoms with Crippen molar-refractivity contribution in [1.29, 1.82) is 0 Å². The quantitative estimate of drug-likeness (QED) is 0.904. The fourth-order valence-electron chi connectivity index (χ4n) is 2.44. The molecule has 1 aliphatic heterocycles. The molecule has 0 unspecified atom stereocenters. The number of hydrogen-bond donors (Lipinski definition) is 1. The van der Waals surface area contributed by atoms with Gasteiger partial charge in [-0.2, -0.15) is 0 Å². The SMILES string of the molecule is CCNc1ncnc(N2CCCOCC2)c1C(C)C. The van der Waals surface area contributed by atoms with Crippen molar-refractivity contribution in [3.63, 3.8) is 0 Å². The average molecular weight is 264 g/mol. The fourth-order valence-corrected chi connectivity index (χ4v) is 2.44. The highest BCUT2D eigenvalue weighted by molar-refractivity contribution is 5.60. The van der Waals surface area contributed by atoms with E-state index in [2.05, 4.69) is 41.0 Å². The first-order chi connectivity index (χ1) is 9.24. The van der Waals surface area contributed by atoms with Gasteiger partial charge in [0, 0.05) is 31.8 Å². The molecule has 1 aromatic rings. The van der Waals surface area contributed by atoms with E-state index in [9.17, 15) is 0 Å². The molecule has 0 aliphatic carbocycles. The van der Waals surface area contributed by atoms with Crippen molar-refractivity contribution in [1.82, 2.24) is 9.97 Å². The van der Waals surface area contributed by atoms with Crippen molar-refractivity contribution in [2.75, 3.05) is 43.1 Å². The molecule has 106 valence electrons. The lowest BCUT2D eigenvalue weighted by molar-refractivity contribution is 0.152. The first-order valence-electron chi connectivity index (χ1n) is 7.15. The van der Waals surface area contributed by atoms with E-state index in [0.29, 0.717) is 5.92 Å². The molecule has 1 saturated heterocycles. The number of hydrogen-bond acceptors (Lipinski definition) is 5. The van der Waals surface area contributed by atoms with Gasteiger partial charge in [0.1, 0.15) is 18.0 Å². The number of nitrogens with one attached hydrogen (secondary N) is 1. The highest BCUT2D eigenvalue weighted by atomic mass is 16.5. The van der Waals surface area contributed by atoms with Gasteiger partial charge in [-0.15, -0.1) is 0 Å². The van der Waals surface area contributed by atoms with Crippen LogP contribution in [-0.2, 0) is 4.74 Å². The van der Waals surface area contributed by atoms with Gasteiger partial charge in [0.2, 0.25) is 0 Å². The Morgan fingerprint density at radius 3 is 2.89 bits per heavy atom. The van der Waals surface area contributed by atoms with Gasteiger partial charge < -0.3 is 15.0 Å². The van der Waals surface area contributed by atoms with Crippen LogP contribution < -0.4 is 10.2 Å². The monoisotopic (exact) mass is 264 g/mol. The summed E-state index contributed by atoms with van der Waals surface area (Å²) in [5.41, 5.74) is 1.21. The van der Waals surface area contributed by atoms with Crippen LogP contribution >= 0.6 is 0 Å². The maximum atomic E-state index is 5.52. The van der Waals surface area contributed by atoms with Gasteiger partial charge in [-0.3, -0.25) is 0 Å². The largest absolute Gasteiger partial charge is 0.380 e. The van der Waals surface area contributed by atoms with Crippen molar-refractivity contribution in [2.45, 2.75) is 33.1 Å². The maximum absolute atomic E-state index is 5.52. The number of aromatic nitrogens is 2. The summed E-state index contributed by atoms with van der Waals surface area (Å²) in [6.07, 6.45) is 2.71. The Labute approximate surface area is 115 Å². The third kappa shape index (κ3) is 3.35. The van der Waals surface area contributed by atoms with E-state index in [1.165, 1.54) is 5.56 Å². The molecule has 0 bridgehead atoms. The van der Waals surface area contributed by atoms with Crippen molar-refractivity contribution >= 4 is 11.6 Å². The van der Waals surface area contributed by atoms with E-state index in [1.807, 2.05) is 0 Å². The van der Waals surface area contributed by atoms with E-state index in [0.717, 1.165) is 50.9 Å². The summed E-state index contributed by atoms with van der Waals surface area (Å²) < 4.78 is 5.52.